The lowest BCUT2D eigenvalue weighted by atomic mass is 9.99. The molecule has 0 spiro atoms. The molecule has 28 heavy (non-hydrogen) atoms. The molecule has 0 saturated heterocycles. The van der Waals surface area contributed by atoms with E-state index in [1.807, 2.05) is 6.92 Å². The maximum atomic E-state index is 12.7. The van der Waals surface area contributed by atoms with Crippen LogP contribution in [0.2, 0.25) is 0 Å². The van der Waals surface area contributed by atoms with Gasteiger partial charge in [0.2, 0.25) is 0 Å². The van der Waals surface area contributed by atoms with Crippen LogP contribution >= 0.6 is 0 Å². The second kappa shape index (κ2) is 10.3. The summed E-state index contributed by atoms with van der Waals surface area (Å²) in [6.07, 6.45) is 4.35. The molecular weight excluding hydrogens is 372 g/mol. The van der Waals surface area contributed by atoms with E-state index in [2.05, 4.69) is 23.9 Å². The summed E-state index contributed by atoms with van der Waals surface area (Å²) in [5.74, 6) is 0.164. The van der Waals surface area contributed by atoms with Gasteiger partial charge in [-0.05, 0) is 43.5 Å². The largest absolute Gasteiger partial charge is 0.352 e. The third kappa shape index (κ3) is 6.09. The van der Waals surface area contributed by atoms with E-state index in [-0.39, 0.29) is 16.5 Å². The van der Waals surface area contributed by atoms with Crippen LogP contribution in [0.5, 0.6) is 0 Å². The lowest BCUT2D eigenvalue weighted by molar-refractivity contribution is 0.0946. The summed E-state index contributed by atoms with van der Waals surface area (Å²) in [5, 5.41) is 2.96. The number of aryl methyl sites for hydroxylation is 1. The van der Waals surface area contributed by atoms with Gasteiger partial charge in [-0.25, -0.2) is 8.42 Å². The number of carbonyl (C=O) groups is 1. The minimum Gasteiger partial charge on any atom is -0.352 e. The van der Waals surface area contributed by atoms with E-state index in [9.17, 15) is 13.2 Å². The Balaban J connectivity index is 2.13. The molecule has 0 aromatic heterocycles. The summed E-state index contributed by atoms with van der Waals surface area (Å²) in [5.41, 5.74) is 1.58. The van der Waals surface area contributed by atoms with Crippen molar-refractivity contribution in [3.63, 3.8) is 0 Å². The molecule has 6 heteroatoms. The molecular formula is C22H30N2O3S. The van der Waals surface area contributed by atoms with Gasteiger partial charge >= 0.3 is 0 Å². The quantitative estimate of drug-likeness (QED) is 0.603. The second-order valence-electron chi connectivity index (χ2n) is 7.09. The zero-order chi connectivity index (χ0) is 20.6. The van der Waals surface area contributed by atoms with Crippen LogP contribution in [0, 0.1) is 12.8 Å². The Bertz CT molecular complexity index is 877. The van der Waals surface area contributed by atoms with Crippen LogP contribution in [0.3, 0.4) is 0 Å². The molecule has 0 saturated carbocycles. The summed E-state index contributed by atoms with van der Waals surface area (Å²) in [4.78, 5) is 12.8. The fourth-order valence-corrected chi connectivity index (χ4v) is 4.05. The molecule has 152 valence electrons. The van der Waals surface area contributed by atoms with Crippen molar-refractivity contribution in [2.75, 3.05) is 11.3 Å². The van der Waals surface area contributed by atoms with Crippen molar-refractivity contribution in [2.45, 2.75) is 51.3 Å². The van der Waals surface area contributed by atoms with E-state index in [4.69, 9.17) is 0 Å². The van der Waals surface area contributed by atoms with Gasteiger partial charge in [-0.15, -0.1) is 0 Å². The summed E-state index contributed by atoms with van der Waals surface area (Å²) >= 11 is 0. The molecule has 1 atom stereocenters. The van der Waals surface area contributed by atoms with Gasteiger partial charge in [0, 0.05) is 6.54 Å². The van der Waals surface area contributed by atoms with Crippen molar-refractivity contribution in [2.24, 2.45) is 5.92 Å². The number of hydrogen-bond acceptors (Lipinski definition) is 3. The Morgan fingerprint density at radius 2 is 1.71 bits per heavy atom. The predicted octanol–water partition coefficient (Wildman–Crippen LogP) is 4.74. The molecule has 0 radical (unpaired) electrons. The summed E-state index contributed by atoms with van der Waals surface area (Å²) in [7, 11) is -3.76. The molecule has 1 amide bonds. The fraction of sp³-hybridized carbons (Fsp3) is 0.409. The normalized spacial score (nSPS) is 12.4. The van der Waals surface area contributed by atoms with Crippen molar-refractivity contribution in [3.8, 4) is 0 Å². The number of anilines is 1. The lowest BCUT2D eigenvalue weighted by Crippen LogP contribution is -2.30. The monoisotopic (exact) mass is 402 g/mol. The number of amides is 1. The van der Waals surface area contributed by atoms with Gasteiger partial charge in [-0.2, -0.15) is 0 Å². The number of unbranched alkanes of at least 4 members (excludes halogenated alkanes) is 1. The molecule has 2 aromatic rings. The van der Waals surface area contributed by atoms with Crippen LogP contribution < -0.4 is 10.0 Å². The number of para-hydroxylation sites is 1. The smallest absolute Gasteiger partial charge is 0.261 e. The third-order valence-corrected chi connectivity index (χ3v) is 6.22. The average molecular weight is 403 g/mol. The molecule has 0 unspecified atom stereocenters. The number of benzene rings is 2. The van der Waals surface area contributed by atoms with Gasteiger partial charge < -0.3 is 5.32 Å². The third-order valence-electron chi connectivity index (χ3n) is 4.84. The number of sulfonamides is 1. The topological polar surface area (TPSA) is 75.3 Å². The predicted molar refractivity (Wildman–Crippen MR) is 114 cm³/mol. The van der Waals surface area contributed by atoms with Gasteiger partial charge in [0.25, 0.3) is 15.9 Å². The van der Waals surface area contributed by atoms with Crippen LogP contribution in [-0.2, 0) is 10.0 Å². The Morgan fingerprint density at radius 3 is 2.36 bits per heavy atom. The van der Waals surface area contributed by atoms with E-state index in [1.165, 1.54) is 0 Å². The molecule has 0 heterocycles. The van der Waals surface area contributed by atoms with E-state index < -0.39 is 10.0 Å². The van der Waals surface area contributed by atoms with Gasteiger partial charge in [0.15, 0.2) is 0 Å². The Hall–Kier alpha value is -2.34. The molecule has 2 rings (SSSR count). The maximum Gasteiger partial charge on any atom is 0.261 e. The molecule has 0 fully saturated rings. The minimum atomic E-state index is -3.76. The number of rotatable bonds is 10. The van der Waals surface area contributed by atoms with Crippen LogP contribution in [0.15, 0.2) is 53.4 Å². The highest BCUT2D eigenvalue weighted by molar-refractivity contribution is 7.92. The zero-order valence-corrected chi connectivity index (χ0v) is 17.7. The summed E-state index contributed by atoms with van der Waals surface area (Å²) in [6, 6.07) is 13.3. The van der Waals surface area contributed by atoms with Gasteiger partial charge in [-0.3, -0.25) is 9.52 Å². The molecule has 2 aromatic carbocycles. The maximum absolute atomic E-state index is 12.7. The average Bonchev–Trinajstić information content (AvgIpc) is 2.68. The standard InChI is InChI=1S/C22H30N2O3S/c1-4-6-9-18(5-2)16-23-22(25)20-10-7-8-11-21(20)24-28(26,27)19-14-12-17(3)13-15-19/h7-8,10-15,18,24H,4-6,9,16H2,1-3H3,(H,23,25)/t18-/m1/s1. The van der Waals surface area contributed by atoms with Crippen LogP contribution in [0.1, 0.15) is 55.5 Å². The first kappa shape index (κ1) is 22.0. The highest BCUT2D eigenvalue weighted by atomic mass is 32.2. The first-order chi connectivity index (χ1) is 13.4. The molecule has 0 aliphatic heterocycles. The first-order valence-electron chi connectivity index (χ1n) is 9.84. The Kier molecular flexibility index (Phi) is 8.05. The summed E-state index contributed by atoms with van der Waals surface area (Å²) in [6.45, 7) is 6.76. The van der Waals surface area contributed by atoms with Gasteiger partial charge in [0.1, 0.15) is 0 Å². The van der Waals surface area contributed by atoms with E-state index in [0.29, 0.717) is 18.0 Å². The van der Waals surface area contributed by atoms with Gasteiger partial charge in [-0.1, -0.05) is 62.9 Å². The van der Waals surface area contributed by atoms with E-state index in [0.717, 1.165) is 31.2 Å². The fourth-order valence-electron chi connectivity index (χ4n) is 2.97. The molecule has 2 N–H and O–H groups in total. The number of carbonyl (C=O) groups excluding carboxylic acids is 1. The van der Waals surface area contributed by atoms with Crippen LogP contribution in [0.4, 0.5) is 5.69 Å². The minimum absolute atomic E-state index is 0.166. The molecule has 0 bridgehead atoms. The summed E-state index contributed by atoms with van der Waals surface area (Å²) < 4.78 is 27.9. The number of hydrogen-bond donors (Lipinski definition) is 2. The van der Waals surface area contributed by atoms with E-state index >= 15 is 0 Å². The second-order valence-corrected chi connectivity index (χ2v) is 8.77. The number of nitrogens with one attached hydrogen (secondary N) is 2. The van der Waals surface area contributed by atoms with Crippen molar-refractivity contribution in [3.05, 3.63) is 59.7 Å². The zero-order valence-electron chi connectivity index (χ0n) is 16.9. The van der Waals surface area contributed by atoms with Crippen molar-refractivity contribution in [1.29, 1.82) is 0 Å². The van der Waals surface area contributed by atoms with Crippen LogP contribution in [0.25, 0.3) is 0 Å². The van der Waals surface area contributed by atoms with Crippen molar-refractivity contribution in [1.82, 2.24) is 5.32 Å². The molecule has 5 nitrogen and oxygen atoms in total. The highest BCUT2D eigenvalue weighted by Gasteiger charge is 2.19. The van der Waals surface area contributed by atoms with Crippen molar-refractivity contribution >= 4 is 21.6 Å². The Labute approximate surface area is 168 Å². The molecule has 0 aliphatic rings. The molecule has 0 aliphatic carbocycles. The van der Waals surface area contributed by atoms with Gasteiger partial charge in [0.05, 0.1) is 16.1 Å². The SMILES string of the molecule is CCCC[C@@H](CC)CNC(=O)c1ccccc1NS(=O)(=O)c1ccc(C)cc1. The Morgan fingerprint density at radius 1 is 1.04 bits per heavy atom. The highest BCUT2D eigenvalue weighted by Crippen LogP contribution is 2.21. The van der Waals surface area contributed by atoms with E-state index in [1.54, 1.807) is 48.5 Å². The van der Waals surface area contributed by atoms with Crippen molar-refractivity contribution < 1.29 is 13.2 Å². The van der Waals surface area contributed by atoms with Crippen LogP contribution in [-0.4, -0.2) is 20.9 Å². The lowest BCUT2D eigenvalue weighted by Gasteiger charge is -2.17. The first-order valence-corrected chi connectivity index (χ1v) is 11.3.